The summed E-state index contributed by atoms with van der Waals surface area (Å²) in [6.07, 6.45) is -3.74. The first-order valence-corrected chi connectivity index (χ1v) is 11.0. The molecule has 4 rings (SSSR count). The summed E-state index contributed by atoms with van der Waals surface area (Å²) >= 11 is 0. The third-order valence-electron chi connectivity index (χ3n) is 5.40. The standard InChI is InChI=1S/C23H25F3N6O3/c1-15-21-18(28-22(27-15)32-11-3-10-31(2)12-13-32)8-9-19(30-21)29-20(33)14-34-16-4-6-17(7-5-16)35-23(24,25)26/h4-9H,3,10-14H2,1-2H3,(H,29,30,33). The van der Waals surface area contributed by atoms with Gasteiger partial charge in [-0.1, -0.05) is 0 Å². The number of hydrogen-bond donors (Lipinski definition) is 1. The molecule has 0 atom stereocenters. The van der Waals surface area contributed by atoms with Crippen molar-refractivity contribution in [2.75, 3.05) is 50.1 Å². The van der Waals surface area contributed by atoms with E-state index in [0.29, 0.717) is 28.5 Å². The zero-order valence-corrected chi connectivity index (χ0v) is 19.3. The third kappa shape index (κ3) is 6.69. The Morgan fingerprint density at radius 1 is 1.00 bits per heavy atom. The molecule has 1 fully saturated rings. The van der Waals surface area contributed by atoms with E-state index in [-0.39, 0.29) is 18.1 Å². The highest BCUT2D eigenvalue weighted by Gasteiger charge is 2.31. The Kier molecular flexibility index (Phi) is 7.20. The SMILES string of the molecule is Cc1nc(N2CCCN(C)CC2)nc2ccc(NC(=O)COc3ccc(OC(F)(F)F)cc3)nc12. The van der Waals surface area contributed by atoms with Crippen molar-refractivity contribution < 1.29 is 27.4 Å². The van der Waals surface area contributed by atoms with E-state index in [1.165, 1.54) is 12.1 Å². The third-order valence-corrected chi connectivity index (χ3v) is 5.40. The number of pyridine rings is 1. The zero-order valence-electron chi connectivity index (χ0n) is 19.3. The number of nitrogens with zero attached hydrogens (tertiary/aromatic N) is 5. The highest BCUT2D eigenvalue weighted by atomic mass is 19.4. The highest BCUT2D eigenvalue weighted by Crippen LogP contribution is 2.25. The Balaban J connectivity index is 1.37. The molecule has 0 aliphatic carbocycles. The number of amides is 1. The number of nitrogens with one attached hydrogen (secondary N) is 1. The van der Waals surface area contributed by atoms with Gasteiger partial charge in [-0.15, -0.1) is 13.2 Å². The summed E-state index contributed by atoms with van der Waals surface area (Å²) in [7, 11) is 2.10. The maximum atomic E-state index is 12.3. The number of carbonyl (C=O) groups excluding carboxylic acids is 1. The van der Waals surface area contributed by atoms with E-state index in [2.05, 4.69) is 41.9 Å². The summed E-state index contributed by atoms with van der Waals surface area (Å²) in [5, 5.41) is 2.65. The predicted molar refractivity (Wildman–Crippen MR) is 124 cm³/mol. The second-order valence-electron chi connectivity index (χ2n) is 8.17. The predicted octanol–water partition coefficient (Wildman–Crippen LogP) is 3.39. The van der Waals surface area contributed by atoms with Gasteiger partial charge in [0.25, 0.3) is 5.91 Å². The van der Waals surface area contributed by atoms with Crippen molar-refractivity contribution in [2.45, 2.75) is 19.7 Å². The Bertz CT molecular complexity index is 1190. The molecule has 1 amide bonds. The van der Waals surface area contributed by atoms with Crippen LogP contribution < -0.4 is 19.7 Å². The Morgan fingerprint density at radius 3 is 2.49 bits per heavy atom. The maximum absolute atomic E-state index is 12.3. The fourth-order valence-corrected chi connectivity index (χ4v) is 3.67. The van der Waals surface area contributed by atoms with E-state index >= 15 is 0 Å². The molecule has 9 nitrogen and oxygen atoms in total. The zero-order chi connectivity index (χ0) is 25.0. The number of halogens is 3. The molecule has 0 saturated carbocycles. The molecular weight excluding hydrogens is 465 g/mol. The molecular formula is C23H25F3N6O3. The van der Waals surface area contributed by atoms with E-state index in [1.54, 1.807) is 12.1 Å². The van der Waals surface area contributed by atoms with Gasteiger partial charge in [-0.3, -0.25) is 4.79 Å². The fraction of sp³-hybridized carbons (Fsp3) is 0.391. The van der Waals surface area contributed by atoms with Crippen LogP contribution in [-0.2, 0) is 4.79 Å². The lowest BCUT2D eigenvalue weighted by Gasteiger charge is -2.21. The lowest BCUT2D eigenvalue weighted by Crippen LogP contribution is -2.30. The fourth-order valence-electron chi connectivity index (χ4n) is 3.67. The van der Waals surface area contributed by atoms with Gasteiger partial charge in [0, 0.05) is 19.6 Å². The number of anilines is 2. The normalized spacial score (nSPS) is 15.1. The maximum Gasteiger partial charge on any atom is 0.573 e. The smallest absolute Gasteiger partial charge is 0.484 e. The lowest BCUT2D eigenvalue weighted by molar-refractivity contribution is -0.274. The molecule has 0 bridgehead atoms. The number of aryl methyl sites for hydroxylation is 1. The second-order valence-corrected chi connectivity index (χ2v) is 8.17. The molecule has 0 radical (unpaired) electrons. The molecule has 1 aliphatic heterocycles. The van der Waals surface area contributed by atoms with Crippen LogP contribution in [0.2, 0.25) is 0 Å². The summed E-state index contributed by atoms with van der Waals surface area (Å²) in [5.41, 5.74) is 1.97. The van der Waals surface area contributed by atoms with Crippen LogP contribution in [0.25, 0.3) is 11.0 Å². The quantitative estimate of drug-likeness (QED) is 0.562. The lowest BCUT2D eigenvalue weighted by atomic mass is 10.3. The number of benzene rings is 1. The summed E-state index contributed by atoms with van der Waals surface area (Å²) < 4.78 is 45.8. The first kappa shape index (κ1) is 24.5. The number of aromatic nitrogens is 3. The number of fused-ring (bicyclic) bond motifs is 1. The van der Waals surface area contributed by atoms with Crippen LogP contribution in [0.15, 0.2) is 36.4 Å². The molecule has 186 valence electrons. The van der Waals surface area contributed by atoms with Gasteiger partial charge in [0.05, 0.1) is 11.2 Å². The number of ether oxygens (including phenoxy) is 2. The van der Waals surface area contributed by atoms with E-state index < -0.39 is 12.3 Å². The molecule has 3 aromatic rings. The Hall–Kier alpha value is -3.67. The monoisotopic (exact) mass is 490 g/mol. The van der Waals surface area contributed by atoms with Crippen LogP contribution in [0, 0.1) is 6.92 Å². The van der Waals surface area contributed by atoms with Gasteiger partial charge in [-0.05, 0) is 63.3 Å². The molecule has 35 heavy (non-hydrogen) atoms. The Morgan fingerprint density at radius 2 is 1.74 bits per heavy atom. The van der Waals surface area contributed by atoms with Crippen LogP contribution in [-0.4, -0.2) is 72.0 Å². The van der Waals surface area contributed by atoms with Crippen LogP contribution in [0.1, 0.15) is 12.1 Å². The minimum atomic E-state index is -4.77. The number of rotatable bonds is 6. The van der Waals surface area contributed by atoms with Crippen LogP contribution in [0.3, 0.4) is 0 Å². The largest absolute Gasteiger partial charge is 0.573 e. The van der Waals surface area contributed by atoms with Gasteiger partial charge >= 0.3 is 6.36 Å². The van der Waals surface area contributed by atoms with Crippen molar-refractivity contribution in [2.24, 2.45) is 0 Å². The van der Waals surface area contributed by atoms with Crippen molar-refractivity contribution in [3.8, 4) is 11.5 Å². The average Bonchev–Trinajstić information content (AvgIpc) is 3.02. The molecule has 12 heteroatoms. The van der Waals surface area contributed by atoms with Gasteiger partial charge in [-0.25, -0.2) is 15.0 Å². The van der Waals surface area contributed by atoms with Gasteiger partial charge in [0.2, 0.25) is 5.95 Å². The summed E-state index contributed by atoms with van der Waals surface area (Å²) in [4.78, 5) is 30.5. The first-order chi connectivity index (χ1) is 16.7. The highest BCUT2D eigenvalue weighted by molar-refractivity contribution is 5.92. The van der Waals surface area contributed by atoms with Crippen LogP contribution in [0.5, 0.6) is 11.5 Å². The first-order valence-electron chi connectivity index (χ1n) is 11.0. The number of alkyl halides is 3. The Labute approximate surface area is 199 Å². The van der Waals surface area contributed by atoms with Crippen molar-refractivity contribution in [1.29, 1.82) is 0 Å². The molecule has 1 N–H and O–H groups in total. The van der Waals surface area contributed by atoms with Gasteiger partial charge in [-0.2, -0.15) is 0 Å². The topological polar surface area (TPSA) is 92.7 Å². The minimum Gasteiger partial charge on any atom is -0.484 e. The minimum absolute atomic E-state index is 0.220. The summed E-state index contributed by atoms with van der Waals surface area (Å²) in [5.74, 6) is 0.354. The van der Waals surface area contributed by atoms with Crippen molar-refractivity contribution >= 4 is 28.7 Å². The van der Waals surface area contributed by atoms with E-state index in [4.69, 9.17) is 4.74 Å². The van der Waals surface area contributed by atoms with Crippen molar-refractivity contribution in [3.05, 3.63) is 42.1 Å². The van der Waals surface area contributed by atoms with Crippen molar-refractivity contribution in [1.82, 2.24) is 19.9 Å². The molecule has 0 unspecified atom stereocenters. The van der Waals surface area contributed by atoms with Gasteiger partial charge in [0.1, 0.15) is 22.8 Å². The van der Waals surface area contributed by atoms with Gasteiger partial charge in [0.15, 0.2) is 6.61 Å². The number of carbonyl (C=O) groups is 1. The summed E-state index contributed by atoms with van der Waals surface area (Å²) in [6.45, 7) is 5.21. The summed E-state index contributed by atoms with van der Waals surface area (Å²) in [6, 6.07) is 8.20. The second kappa shape index (κ2) is 10.3. The van der Waals surface area contributed by atoms with E-state index in [9.17, 15) is 18.0 Å². The van der Waals surface area contributed by atoms with E-state index in [0.717, 1.165) is 44.7 Å². The molecule has 0 spiro atoms. The van der Waals surface area contributed by atoms with E-state index in [1.807, 2.05) is 6.92 Å². The molecule has 2 aromatic heterocycles. The van der Waals surface area contributed by atoms with Crippen LogP contribution in [0.4, 0.5) is 24.9 Å². The van der Waals surface area contributed by atoms with Crippen molar-refractivity contribution in [3.63, 3.8) is 0 Å². The molecule has 1 saturated heterocycles. The number of hydrogen-bond acceptors (Lipinski definition) is 8. The average molecular weight is 490 g/mol. The number of likely N-dealkylation sites (N-methyl/N-ethyl adjacent to an activating group) is 1. The van der Waals surface area contributed by atoms with Gasteiger partial charge < -0.3 is 24.6 Å². The van der Waals surface area contributed by atoms with Crippen LogP contribution >= 0.6 is 0 Å². The molecule has 1 aromatic carbocycles. The molecule has 1 aliphatic rings. The molecule has 3 heterocycles.